The Morgan fingerprint density at radius 2 is 2.00 bits per heavy atom. The standard InChI is InChI=1S/C19H21F3N4O/c1-18(10-16(25-26-18)12-5-3-2-4-6-12)17(27)24-14-8-7-13(11-23)15(9-14)19(20,21)22/h7-9,12,16H,2-6,10H2,1H3,(H,24,27). The molecule has 1 heterocycles. The van der Waals surface area contributed by atoms with Crippen molar-refractivity contribution < 1.29 is 18.0 Å². The van der Waals surface area contributed by atoms with Gasteiger partial charge in [-0.3, -0.25) is 4.79 Å². The van der Waals surface area contributed by atoms with Gasteiger partial charge in [0.2, 0.25) is 0 Å². The number of amides is 1. The predicted molar refractivity (Wildman–Crippen MR) is 93.0 cm³/mol. The largest absolute Gasteiger partial charge is 0.417 e. The number of nitrogens with one attached hydrogen (secondary N) is 1. The molecule has 1 saturated carbocycles. The summed E-state index contributed by atoms with van der Waals surface area (Å²) in [6.07, 6.45) is 1.48. The fourth-order valence-electron chi connectivity index (χ4n) is 3.83. The number of hydrogen-bond acceptors (Lipinski definition) is 4. The average molecular weight is 378 g/mol. The molecule has 2 atom stereocenters. The van der Waals surface area contributed by atoms with Gasteiger partial charge in [0.25, 0.3) is 5.91 Å². The first-order valence-electron chi connectivity index (χ1n) is 9.08. The van der Waals surface area contributed by atoms with Gasteiger partial charge >= 0.3 is 6.18 Å². The molecule has 144 valence electrons. The molecule has 0 aromatic heterocycles. The van der Waals surface area contributed by atoms with Crippen molar-refractivity contribution in [3.63, 3.8) is 0 Å². The first-order valence-corrected chi connectivity index (χ1v) is 9.08. The minimum absolute atomic E-state index is 0.00671. The topological polar surface area (TPSA) is 77.6 Å². The van der Waals surface area contributed by atoms with Crippen LogP contribution >= 0.6 is 0 Å². The van der Waals surface area contributed by atoms with E-state index >= 15 is 0 Å². The van der Waals surface area contributed by atoms with E-state index in [0.29, 0.717) is 12.3 Å². The molecule has 1 aliphatic carbocycles. The SMILES string of the molecule is CC1(C(=O)Nc2ccc(C#N)c(C(F)(F)F)c2)CC(C2CCCCC2)N=N1. The zero-order chi connectivity index (χ0) is 19.7. The highest BCUT2D eigenvalue weighted by Crippen LogP contribution is 2.38. The van der Waals surface area contributed by atoms with Crippen LogP contribution in [0.2, 0.25) is 0 Å². The van der Waals surface area contributed by atoms with Crippen LogP contribution in [0, 0.1) is 17.2 Å². The molecule has 1 amide bonds. The number of rotatable bonds is 3. The number of anilines is 1. The smallest absolute Gasteiger partial charge is 0.324 e. The summed E-state index contributed by atoms with van der Waals surface area (Å²) in [5, 5.41) is 19.8. The van der Waals surface area contributed by atoms with Crippen LogP contribution in [0.3, 0.4) is 0 Å². The molecule has 1 fully saturated rings. The monoisotopic (exact) mass is 378 g/mol. The Labute approximate surface area is 155 Å². The summed E-state index contributed by atoms with van der Waals surface area (Å²) in [7, 11) is 0. The number of hydrogen-bond donors (Lipinski definition) is 1. The Morgan fingerprint density at radius 1 is 1.30 bits per heavy atom. The summed E-state index contributed by atoms with van der Waals surface area (Å²) < 4.78 is 39.3. The van der Waals surface area contributed by atoms with Crippen LogP contribution in [0.5, 0.6) is 0 Å². The number of nitrogens with zero attached hydrogens (tertiary/aromatic N) is 3. The molecule has 8 heteroatoms. The molecule has 3 rings (SSSR count). The van der Waals surface area contributed by atoms with E-state index in [4.69, 9.17) is 5.26 Å². The maximum Gasteiger partial charge on any atom is 0.417 e. The summed E-state index contributed by atoms with van der Waals surface area (Å²) in [6, 6.07) is 4.65. The van der Waals surface area contributed by atoms with E-state index < -0.39 is 28.7 Å². The third-order valence-corrected chi connectivity index (χ3v) is 5.42. The van der Waals surface area contributed by atoms with Gasteiger partial charge in [0.1, 0.15) is 0 Å². The van der Waals surface area contributed by atoms with Gasteiger partial charge in [-0.05, 0) is 43.9 Å². The van der Waals surface area contributed by atoms with Crippen molar-refractivity contribution in [3.05, 3.63) is 29.3 Å². The van der Waals surface area contributed by atoms with Gasteiger partial charge in [0.15, 0.2) is 5.54 Å². The number of alkyl halides is 3. The van der Waals surface area contributed by atoms with Crippen LogP contribution in [0.15, 0.2) is 28.4 Å². The van der Waals surface area contributed by atoms with E-state index in [0.717, 1.165) is 37.8 Å². The van der Waals surface area contributed by atoms with Gasteiger partial charge in [-0.2, -0.15) is 28.7 Å². The predicted octanol–water partition coefficient (Wildman–Crippen LogP) is 5.08. The van der Waals surface area contributed by atoms with Gasteiger partial charge in [-0.1, -0.05) is 19.3 Å². The first-order chi connectivity index (χ1) is 12.7. The van der Waals surface area contributed by atoms with Gasteiger partial charge < -0.3 is 5.32 Å². The van der Waals surface area contributed by atoms with Crippen LogP contribution in [-0.2, 0) is 11.0 Å². The Hall–Kier alpha value is -2.43. The number of azo groups is 1. The Kier molecular flexibility index (Phi) is 5.22. The van der Waals surface area contributed by atoms with E-state index in [1.165, 1.54) is 18.6 Å². The second-order valence-electron chi connectivity index (χ2n) is 7.48. The molecule has 0 bridgehead atoms. The number of carbonyl (C=O) groups excluding carboxylic acids is 1. The lowest BCUT2D eigenvalue weighted by Gasteiger charge is -2.26. The van der Waals surface area contributed by atoms with E-state index in [2.05, 4.69) is 15.5 Å². The number of halogens is 3. The quantitative estimate of drug-likeness (QED) is 0.796. The Morgan fingerprint density at radius 3 is 2.63 bits per heavy atom. The summed E-state index contributed by atoms with van der Waals surface area (Å²) in [6.45, 7) is 1.66. The maximum absolute atomic E-state index is 13.1. The molecule has 5 nitrogen and oxygen atoms in total. The van der Waals surface area contributed by atoms with Crippen LogP contribution in [0.1, 0.15) is 56.6 Å². The van der Waals surface area contributed by atoms with Crippen LogP contribution in [0.25, 0.3) is 0 Å². The molecule has 2 aliphatic rings. The van der Waals surface area contributed by atoms with Crippen LogP contribution in [0.4, 0.5) is 18.9 Å². The summed E-state index contributed by atoms with van der Waals surface area (Å²) >= 11 is 0. The van der Waals surface area contributed by atoms with Gasteiger partial charge in [-0.15, -0.1) is 0 Å². The first kappa shape index (κ1) is 19.3. The lowest BCUT2D eigenvalue weighted by atomic mass is 9.80. The molecule has 1 aliphatic heterocycles. The minimum atomic E-state index is -4.67. The summed E-state index contributed by atoms with van der Waals surface area (Å²) in [4.78, 5) is 12.7. The second-order valence-corrected chi connectivity index (χ2v) is 7.48. The molecule has 0 spiro atoms. The van der Waals surface area contributed by atoms with Crippen molar-refractivity contribution in [1.82, 2.24) is 0 Å². The van der Waals surface area contributed by atoms with Crippen LogP contribution in [-0.4, -0.2) is 17.5 Å². The molecular weight excluding hydrogens is 357 g/mol. The summed E-state index contributed by atoms with van der Waals surface area (Å²) in [5.41, 5.74) is -2.65. The van der Waals surface area contributed by atoms with E-state index in [1.807, 2.05) is 0 Å². The van der Waals surface area contributed by atoms with Gasteiger partial charge in [-0.25, -0.2) is 0 Å². The average Bonchev–Trinajstić information content (AvgIpc) is 3.05. The molecule has 1 aromatic carbocycles. The fraction of sp³-hybridized carbons (Fsp3) is 0.579. The molecule has 0 saturated heterocycles. The Bertz CT molecular complexity index is 793. The van der Waals surface area contributed by atoms with Crippen LogP contribution < -0.4 is 5.32 Å². The fourth-order valence-corrected chi connectivity index (χ4v) is 3.83. The lowest BCUT2D eigenvalue weighted by Crippen LogP contribution is -2.39. The molecule has 1 N–H and O–H groups in total. The number of carbonyl (C=O) groups is 1. The molecular formula is C19H21F3N4O. The highest BCUT2D eigenvalue weighted by atomic mass is 19.4. The van der Waals surface area contributed by atoms with Crippen molar-refractivity contribution in [2.75, 3.05) is 5.32 Å². The molecule has 0 radical (unpaired) electrons. The lowest BCUT2D eigenvalue weighted by molar-refractivity contribution is -0.137. The Balaban J connectivity index is 1.72. The molecule has 1 aromatic rings. The van der Waals surface area contributed by atoms with Crippen molar-refractivity contribution in [3.8, 4) is 6.07 Å². The van der Waals surface area contributed by atoms with Crippen molar-refractivity contribution in [2.45, 2.75) is 63.2 Å². The third kappa shape index (κ3) is 4.12. The highest BCUT2D eigenvalue weighted by molar-refractivity contribution is 5.98. The van der Waals surface area contributed by atoms with Crippen molar-refractivity contribution in [2.24, 2.45) is 16.1 Å². The van der Waals surface area contributed by atoms with Crippen molar-refractivity contribution >= 4 is 11.6 Å². The number of nitriles is 1. The number of benzene rings is 1. The van der Waals surface area contributed by atoms with Gasteiger partial charge in [0.05, 0.1) is 23.2 Å². The summed E-state index contributed by atoms with van der Waals surface area (Å²) in [5.74, 6) is -0.0636. The highest BCUT2D eigenvalue weighted by Gasteiger charge is 2.43. The molecule has 2 unspecified atom stereocenters. The zero-order valence-electron chi connectivity index (χ0n) is 15.0. The van der Waals surface area contributed by atoms with E-state index in [1.54, 1.807) is 6.92 Å². The van der Waals surface area contributed by atoms with E-state index in [-0.39, 0.29) is 11.7 Å². The normalized spacial score (nSPS) is 26.0. The maximum atomic E-state index is 13.1. The van der Waals surface area contributed by atoms with Crippen molar-refractivity contribution in [1.29, 1.82) is 5.26 Å². The second kappa shape index (κ2) is 7.29. The van der Waals surface area contributed by atoms with E-state index in [9.17, 15) is 18.0 Å². The minimum Gasteiger partial charge on any atom is -0.324 e. The van der Waals surface area contributed by atoms with Gasteiger partial charge in [0, 0.05) is 12.1 Å². The molecule has 27 heavy (non-hydrogen) atoms. The zero-order valence-corrected chi connectivity index (χ0v) is 15.0. The third-order valence-electron chi connectivity index (χ3n) is 5.42.